The lowest BCUT2D eigenvalue weighted by Crippen LogP contribution is -2.31. The van der Waals surface area contributed by atoms with Crippen LogP contribution in [0.25, 0.3) is 0 Å². The molecule has 1 aliphatic carbocycles. The van der Waals surface area contributed by atoms with Gasteiger partial charge in [0.1, 0.15) is 5.60 Å². The topological polar surface area (TPSA) is 52.3 Å². The lowest BCUT2D eigenvalue weighted by Gasteiger charge is -2.20. The second-order valence-electron chi connectivity index (χ2n) is 4.79. The van der Waals surface area contributed by atoms with Crippen LogP contribution in [-0.2, 0) is 9.53 Å². The molecule has 0 heterocycles. The summed E-state index contributed by atoms with van der Waals surface area (Å²) in [6.07, 6.45) is 2.70. The van der Waals surface area contributed by atoms with Crippen molar-refractivity contribution in [1.82, 2.24) is 0 Å². The van der Waals surface area contributed by atoms with Crippen molar-refractivity contribution in [3.63, 3.8) is 0 Å². The van der Waals surface area contributed by atoms with E-state index in [1.54, 1.807) is 0 Å². The maximum Gasteiger partial charge on any atom is 0.307 e. The van der Waals surface area contributed by atoms with Gasteiger partial charge in [0.15, 0.2) is 0 Å². The molecule has 0 aromatic carbocycles. The van der Waals surface area contributed by atoms with E-state index < -0.39 is 0 Å². The Morgan fingerprint density at radius 1 is 1.54 bits per heavy atom. The standard InChI is InChI=1S/C10H19NO2/c1-10(2,3)13-9(12)6-8(11)7-4-5-7/h7-8H,4-6,11H2,1-3H3/t8-/m1/s1. The summed E-state index contributed by atoms with van der Waals surface area (Å²) in [6.45, 7) is 5.61. The van der Waals surface area contributed by atoms with Gasteiger partial charge in [-0.1, -0.05) is 0 Å². The SMILES string of the molecule is CC(C)(C)OC(=O)C[C@@H](N)C1CC1. The van der Waals surface area contributed by atoms with Crippen molar-refractivity contribution in [2.75, 3.05) is 0 Å². The largest absolute Gasteiger partial charge is 0.460 e. The quantitative estimate of drug-likeness (QED) is 0.677. The number of hydrogen-bond acceptors (Lipinski definition) is 3. The van der Waals surface area contributed by atoms with Crippen LogP contribution >= 0.6 is 0 Å². The molecule has 0 spiro atoms. The average molecular weight is 185 g/mol. The molecule has 0 amide bonds. The molecule has 1 saturated carbocycles. The number of ether oxygens (including phenoxy) is 1. The highest BCUT2D eigenvalue weighted by Gasteiger charge is 2.31. The van der Waals surface area contributed by atoms with Gasteiger partial charge >= 0.3 is 5.97 Å². The summed E-state index contributed by atoms with van der Waals surface area (Å²) >= 11 is 0. The summed E-state index contributed by atoms with van der Waals surface area (Å²) < 4.78 is 5.17. The molecule has 0 unspecified atom stereocenters. The molecular weight excluding hydrogens is 166 g/mol. The van der Waals surface area contributed by atoms with Crippen LogP contribution < -0.4 is 5.73 Å². The predicted octanol–water partition coefficient (Wildman–Crippen LogP) is 1.46. The Morgan fingerprint density at radius 3 is 2.46 bits per heavy atom. The minimum Gasteiger partial charge on any atom is -0.460 e. The highest BCUT2D eigenvalue weighted by molar-refractivity contribution is 5.70. The van der Waals surface area contributed by atoms with Crippen LogP contribution in [0.2, 0.25) is 0 Å². The minimum atomic E-state index is -0.389. The Bertz CT molecular complexity index is 192. The zero-order valence-electron chi connectivity index (χ0n) is 8.67. The lowest BCUT2D eigenvalue weighted by molar-refractivity contribution is -0.155. The predicted molar refractivity (Wildman–Crippen MR) is 51.2 cm³/mol. The highest BCUT2D eigenvalue weighted by atomic mass is 16.6. The molecule has 0 aromatic heterocycles. The Morgan fingerprint density at radius 2 is 2.08 bits per heavy atom. The Labute approximate surface area is 79.6 Å². The third-order valence-corrected chi connectivity index (χ3v) is 2.05. The molecule has 1 atom stereocenters. The molecule has 1 fully saturated rings. The summed E-state index contributed by atoms with van der Waals surface area (Å²) in [6, 6.07) is 0.00912. The molecule has 0 aliphatic heterocycles. The van der Waals surface area contributed by atoms with Crippen molar-refractivity contribution >= 4 is 5.97 Å². The molecule has 0 saturated heterocycles. The maximum absolute atomic E-state index is 11.3. The van der Waals surface area contributed by atoms with E-state index >= 15 is 0 Å². The smallest absolute Gasteiger partial charge is 0.307 e. The number of rotatable bonds is 3. The van der Waals surface area contributed by atoms with Crippen molar-refractivity contribution < 1.29 is 9.53 Å². The monoisotopic (exact) mass is 185 g/mol. The van der Waals surface area contributed by atoms with Crippen LogP contribution in [-0.4, -0.2) is 17.6 Å². The second-order valence-corrected chi connectivity index (χ2v) is 4.79. The molecule has 2 N–H and O–H groups in total. The summed E-state index contributed by atoms with van der Waals surface area (Å²) in [7, 11) is 0. The van der Waals surface area contributed by atoms with E-state index in [1.807, 2.05) is 20.8 Å². The van der Waals surface area contributed by atoms with Crippen LogP contribution in [0, 0.1) is 5.92 Å². The summed E-state index contributed by atoms with van der Waals surface area (Å²) in [4.78, 5) is 11.3. The van der Waals surface area contributed by atoms with E-state index in [1.165, 1.54) is 12.8 Å². The van der Waals surface area contributed by atoms with Gasteiger partial charge in [0.2, 0.25) is 0 Å². The van der Waals surface area contributed by atoms with Gasteiger partial charge in [-0.25, -0.2) is 0 Å². The third kappa shape index (κ3) is 4.27. The molecule has 3 nitrogen and oxygen atoms in total. The first-order valence-corrected chi connectivity index (χ1v) is 4.86. The van der Waals surface area contributed by atoms with Crippen LogP contribution in [0.5, 0.6) is 0 Å². The molecular formula is C10H19NO2. The molecule has 1 rings (SSSR count). The van der Waals surface area contributed by atoms with Gasteiger partial charge in [0.05, 0.1) is 6.42 Å². The summed E-state index contributed by atoms with van der Waals surface area (Å²) in [5.41, 5.74) is 5.41. The van der Waals surface area contributed by atoms with E-state index in [9.17, 15) is 4.79 Å². The van der Waals surface area contributed by atoms with E-state index in [2.05, 4.69) is 0 Å². The van der Waals surface area contributed by atoms with Crippen molar-refractivity contribution in [2.45, 2.75) is 51.7 Å². The minimum absolute atomic E-state index is 0.00912. The van der Waals surface area contributed by atoms with E-state index in [0.29, 0.717) is 12.3 Å². The van der Waals surface area contributed by atoms with Crippen LogP contribution in [0.1, 0.15) is 40.0 Å². The first kappa shape index (κ1) is 10.5. The van der Waals surface area contributed by atoms with Crippen LogP contribution in [0.4, 0.5) is 0 Å². The van der Waals surface area contributed by atoms with Gasteiger partial charge in [-0.15, -0.1) is 0 Å². The zero-order chi connectivity index (χ0) is 10.1. The Balaban J connectivity index is 2.24. The molecule has 0 bridgehead atoms. The van der Waals surface area contributed by atoms with Crippen LogP contribution in [0.3, 0.4) is 0 Å². The highest BCUT2D eigenvalue weighted by Crippen LogP contribution is 2.33. The molecule has 76 valence electrons. The fraction of sp³-hybridized carbons (Fsp3) is 0.900. The van der Waals surface area contributed by atoms with Crippen molar-refractivity contribution in [1.29, 1.82) is 0 Å². The summed E-state index contributed by atoms with van der Waals surface area (Å²) in [5, 5.41) is 0. The zero-order valence-corrected chi connectivity index (χ0v) is 8.67. The number of hydrogen-bond donors (Lipinski definition) is 1. The maximum atomic E-state index is 11.3. The number of carbonyl (C=O) groups excluding carboxylic acids is 1. The van der Waals surface area contributed by atoms with E-state index in [-0.39, 0.29) is 17.6 Å². The first-order chi connectivity index (χ1) is 5.88. The van der Waals surface area contributed by atoms with Gasteiger partial charge in [0.25, 0.3) is 0 Å². The number of esters is 1. The Hall–Kier alpha value is -0.570. The number of carbonyl (C=O) groups is 1. The molecule has 0 radical (unpaired) electrons. The van der Waals surface area contributed by atoms with Crippen LogP contribution in [0.15, 0.2) is 0 Å². The van der Waals surface area contributed by atoms with Gasteiger partial charge in [0, 0.05) is 6.04 Å². The van der Waals surface area contributed by atoms with Gasteiger partial charge in [-0.05, 0) is 39.5 Å². The molecule has 1 aliphatic rings. The number of nitrogens with two attached hydrogens (primary N) is 1. The normalized spacial score (nSPS) is 19.7. The molecule has 13 heavy (non-hydrogen) atoms. The lowest BCUT2D eigenvalue weighted by atomic mass is 10.1. The first-order valence-electron chi connectivity index (χ1n) is 4.86. The van der Waals surface area contributed by atoms with Gasteiger partial charge in [-0.2, -0.15) is 0 Å². The third-order valence-electron chi connectivity index (χ3n) is 2.05. The average Bonchev–Trinajstić information content (AvgIpc) is 2.60. The summed E-state index contributed by atoms with van der Waals surface area (Å²) in [5.74, 6) is 0.388. The van der Waals surface area contributed by atoms with Crippen molar-refractivity contribution in [3.05, 3.63) is 0 Å². The Kier molecular flexibility index (Phi) is 2.96. The van der Waals surface area contributed by atoms with Gasteiger partial charge in [-0.3, -0.25) is 4.79 Å². The van der Waals surface area contributed by atoms with Gasteiger partial charge < -0.3 is 10.5 Å². The van der Waals surface area contributed by atoms with E-state index in [0.717, 1.165) is 0 Å². The van der Waals surface area contributed by atoms with Crippen molar-refractivity contribution in [3.8, 4) is 0 Å². The van der Waals surface area contributed by atoms with E-state index in [4.69, 9.17) is 10.5 Å². The fourth-order valence-corrected chi connectivity index (χ4v) is 1.27. The second kappa shape index (κ2) is 3.66. The molecule has 3 heteroatoms. The van der Waals surface area contributed by atoms with Crippen molar-refractivity contribution in [2.24, 2.45) is 11.7 Å². The molecule has 0 aromatic rings. The fourth-order valence-electron chi connectivity index (χ4n) is 1.27.